The molecular weight excluding hydrogens is 334 g/mol. The predicted octanol–water partition coefficient (Wildman–Crippen LogP) is 5.27. The molecule has 1 amide bonds. The van der Waals surface area contributed by atoms with Gasteiger partial charge < -0.3 is 10.3 Å². The van der Waals surface area contributed by atoms with Gasteiger partial charge in [0, 0.05) is 11.6 Å². The fraction of sp³-hybridized carbons (Fsp3) is 0.0435. The molecule has 4 heteroatoms. The van der Waals surface area contributed by atoms with E-state index in [0.717, 1.165) is 39.2 Å². The number of carbonyl (C=O) groups is 1. The van der Waals surface area contributed by atoms with E-state index in [0.29, 0.717) is 0 Å². The zero-order chi connectivity index (χ0) is 18.6. The van der Waals surface area contributed by atoms with Crippen LogP contribution < -0.4 is 5.32 Å². The van der Waals surface area contributed by atoms with Crippen LogP contribution in [0.3, 0.4) is 0 Å². The van der Waals surface area contributed by atoms with E-state index in [-0.39, 0.29) is 5.91 Å². The number of aromatic nitrogens is 2. The molecule has 0 saturated heterocycles. The summed E-state index contributed by atoms with van der Waals surface area (Å²) >= 11 is 0. The van der Waals surface area contributed by atoms with E-state index in [4.69, 9.17) is 0 Å². The molecule has 0 fully saturated rings. The van der Waals surface area contributed by atoms with Crippen molar-refractivity contribution in [2.45, 2.75) is 6.92 Å². The molecule has 132 valence electrons. The lowest BCUT2D eigenvalue weighted by Gasteiger charge is -2.08. The van der Waals surface area contributed by atoms with Crippen molar-refractivity contribution in [3.8, 4) is 11.4 Å². The number of anilines is 1. The predicted molar refractivity (Wildman–Crippen MR) is 110 cm³/mol. The summed E-state index contributed by atoms with van der Waals surface area (Å²) in [6.45, 7) is 1.93. The Bertz CT molecular complexity index is 1090. The number of allylic oxidation sites excluding steroid dienone is 1. The average Bonchev–Trinajstić information content (AvgIpc) is 3.13. The van der Waals surface area contributed by atoms with E-state index in [1.165, 1.54) is 0 Å². The molecule has 1 heterocycles. The van der Waals surface area contributed by atoms with E-state index in [1.807, 2.05) is 85.8 Å². The number of hydrogen-bond donors (Lipinski definition) is 2. The fourth-order valence-corrected chi connectivity index (χ4v) is 3.03. The second kappa shape index (κ2) is 7.30. The molecule has 4 rings (SSSR count). The molecule has 0 unspecified atom stereocenters. The number of aromatic amines is 1. The van der Waals surface area contributed by atoms with Gasteiger partial charge in [-0.1, -0.05) is 54.6 Å². The summed E-state index contributed by atoms with van der Waals surface area (Å²) in [7, 11) is 0. The van der Waals surface area contributed by atoms with E-state index in [1.54, 1.807) is 6.08 Å². The normalized spacial score (nSPS) is 11.5. The van der Waals surface area contributed by atoms with Gasteiger partial charge in [-0.2, -0.15) is 0 Å². The monoisotopic (exact) mass is 353 g/mol. The van der Waals surface area contributed by atoms with E-state index >= 15 is 0 Å². The topological polar surface area (TPSA) is 57.8 Å². The molecule has 0 spiro atoms. The number of para-hydroxylation sites is 3. The molecule has 3 aromatic carbocycles. The first-order valence-electron chi connectivity index (χ1n) is 8.79. The number of carbonyl (C=O) groups excluding carboxylic acids is 1. The third kappa shape index (κ3) is 3.65. The lowest BCUT2D eigenvalue weighted by Crippen LogP contribution is -2.09. The van der Waals surface area contributed by atoms with Crippen molar-refractivity contribution >= 4 is 28.2 Å². The van der Waals surface area contributed by atoms with Gasteiger partial charge in [-0.05, 0) is 42.3 Å². The zero-order valence-electron chi connectivity index (χ0n) is 14.9. The summed E-state index contributed by atoms with van der Waals surface area (Å²) in [5, 5.41) is 2.98. The molecule has 27 heavy (non-hydrogen) atoms. The van der Waals surface area contributed by atoms with Crippen molar-refractivity contribution in [1.29, 1.82) is 0 Å². The van der Waals surface area contributed by atoms with Gasteiger partial charge in [0.05, 0.1) is 16.7 Å². The molecule has 0 saturated carbocycles. The first-order valence-corrected chi connectivity index (χ1v) is 8.79. The number of imidazole rings is 1. The highest BCUT2D eigenvalue weighted by Crippen LogP contribution is 2.27. The molecule has 0 aliphatic carbocycles. The average molecular weight is 353 g/mol. The van der Waals surface area contributed by atoms with Crippen LogP contribution in [0.2, 0.25) is 0 Å². The third-order valence-corrected chi connectivity index (χ3v) is 4.41. The maximum absolute atomic E-state index is 12.5. The second-order valence-corrected chi connectivity index (χ2v) is 6.33. The Kier molecular flexibility index (Phi) is 4.54. The van der Waals surface area contributed by atoms with Crippen LogP contribution in [-0.4, -0.2) is 15.9 Å². The molecule has 0 aliphatic rings. The minimum atomic E-state index is -0.167. The summed E-state index contributed by atoms with van der Waals surface area (Å²) in [6, 6.07) is 25.4. The summed E-state index contributed by atoms with van der Waals surface area (Å²) in [5.41, 5.74) is 5.38. The van der Waals surface area contributed by atoms with Gasteiger partial charge in [-0.3, -0.25) is 4.79 Å². The Labute approximate surface area is 157 Å². The Morgan fingerprint density at radius 1 is 0.926 bits per heavy atom. The number of nitrogens with zero attached hydrogens (tertiary/aromatic N) is 1. The third-order valence-electron chi connectivity index (χ3n) is 4.41. The first-order chi connectivity index (χ1) is 13.2. The number of rotatable bonds is 4. The number of benzene rings is 3. The summed E-state index contributed by atoms with van der Waals surface area (Å²) < 4.78 is 0. The molecule has 4 aromatic rings. The Morgan fingerprint density at radius 3 is 2.44 bits per heavy atom. The molecule has 0 bridgehead atoms. The molecular formula is C23H19N3O. The fourth-order valence-electron chi connectivity index (χ4n) is 3.03. The van der Waals surface area contributed by atoms with E-state index < -0.39 is 0 Å². The van der Waals surface area contributed by atoms with Gasteiger partial charge in [-0.25, -0.2) is 4.98 Å². The van der Waals surface area contributed by atoms with Gasteiger partial charge in [0.25, 0.3) is 0 Å². The van der Waals surface area contributed by atoms with Crippen molar-refractivity contribution in [2.75, 3.05) is 5.32 Å². The van der Waals surface area contributed by atoms with Crippen LogP contribution in [-0.2, 0) is 4.79 Å². The summed E-state index contributed by atoms with van der Waals surface area (Å²) in [5.74, 6) is 0.566. The number of nitrogens with one attached hydrogen (secondary N) is 2. The zero-order valence-corrected chi connectivity index (χ0v) is 14.9. The van der Waals surface area contributed by atoms with Crippen molar-refractivity contribution in [3.05, 3.63) is 90.5 Å². The van der Waals surface area contributed by atoms with Gasteiger partial charge >= 0.3 is 0 Å². The van der Waals surface area contributed by atoms with E-state index in [2.05, 4.69) is 15.3 Å². The van der Waals surface area contributed by atoms with Crippen molar-refractivity contribution in [1.82, 2.24) is 9.97 Å². The number of H-pyrrole nitrogens is 1. The number of amides is 1. The molecule has 0 atom stereocenters. The molecule has 4 nitrogen and oxygen atoms in total. The van der Waals surface area contributed by atoms with Crippen LogP contribution >= 0.6 is 0 Å². The highest BCUT2D eigenvalue weighted by atomic mass is 16.1. The minimum Gasteiger partial charge on any atom is -0.338 e. The van der Waals surface area contributed by atoms with Crippen LogP contribution in [0.5, 0.6) is 0 Å². The van der Waals surface area contributed by atoms with Crippen LogP contribution in [0.15, 0.2) is 84.9 Å². The largest absolute Gasteiger partial charge is 0.338 e. The molecule has 1 aromatic heterocycles. The van der Waals surface area contributed by atoms with E-state index in [9.17, 15) is 4.79 Å². The maximum Gasteiger partial charge on any atom is 0.248 e. The Morgan fingerprint density at radius 2 is 1.63 bits per heavy atom. The van der Waals surface area contributed by atoms with Gasteiger partial charge in [0.15, 0.2) is 0 Å². The van der Waals surface area contributed by atoms with Crippen LogP contribution in [0.4, 0.5) is 5.69 Å². The molecule has 0 aliphatic heterocycles. The van der Waals surface area contributed by atoms with Crippen LogP contribution in [0.25, 0.3) is 28.0 Å². The second-order valence-electron chi connectivity index (χ2n) is 6.33. The smallest absolute Gasteiger partial charge is 0.248 e. The Hall–Kier alpha value is -3.66. The first kappa shape index (κ1) is 16.8. The lowest BCUT2D eigenvalue weighted by molar-refractivity contribution is -0.111. The summed E-state index contributed by atoms with van der Waals surface area (Å²) in [4.78, 5) is 20.5. The van der Waals surface area contributed by atoms with Gasteiger partial charge in [0.2, 0.25) is 5.91 Å². The van der Waals surface area contributed by atoms with Crippen LogP contribution in [0, 0.1) is 0 Å². The van der Waals surface area contributed by atoms with Crippen molar-refractivity contribution in [3.63, 3.8) is 0 Å². The van der Waals surface area contributed by atoms with Crippen molar-refractivity contribution < 1.29 is 4.79 Å². The standard InChI is InChI=1S/C23H19N3O/c1-16(17-9-3-2-4-10-17)15-22(27)24-19-12-6-5-11-18(19)23-25-20-13-7-8-14-21(20)26-23/h2-15H,1H3,(H,24,27)(H,25,26). The van der Waals surface area contributed by atoms with Gasteiger partial charge in [-0.15, -0.1) is 0 Å². The highest BCUT2D eigenvalue weighted by molar-refractivity contribution is 6.05. The minimum absolute atomic E-state index is 0.167. The number of hydrogen-bond acceptors (Lipinski definition) is 2. The van der Waals surface area contributed by atoms with Crippen LogP contribution in [0.1, 0.15) is 12.5 Å². The number of fused-ring (bicyclic) bond motifs is 1. The molecule has 0 radical (unpaired) electrons. The quantitative estimate of drug-likeness (QED) is 0.491. The SMILES string of the molecule is CC(=CC(=O)Nc1ccccc1-c1nc2ccccc2[nH]1)c1ccccc1. The lowest BCUT2D eigenvalue weighted by atomic mass is 10.1. The maximum atomic E-state index is 12.5. The summed E-state index contributed by atoms with van der Waals surface area (Å²) in [6.07, 6.45) is 1.62. The molecule has 2 N–H and O–H groups in total. The van der Waals surface area contributed by atoms with Crippen molar-refractivity contribution in [2.24, 2.45) is 0 Å². The van der Waals surface area contributed by atoms with Gasteiger partial charge in [0.1, 0.15) is 5.82 Å². The highest BCUT2D eigenvalue weighted by Gasteiger charge is 2.11. The Balaban J connectivity index is 1.62.